The fourth-order valence-electron chi connectivity index (χ4n) is 6.81. The van der Waals surface area contributed by atoms with Gasteiger partial charge in [0.1, 0.15) is 5.69 Å². The molecule has 13 nitrogen and oxygen atoms in total. The van der Waals surface area contributed by atoms with Crippen LogP contribution in [-0.2, 0) is 21.4 Å². The first-order valence-corrected chi connectivity index (χ1v) is 21.8. The van der Waals surface area contributed by atoms with Gasteiger partial charge in [-0.2, -0.15) is 0 Å². The Morgan fingerprint density at radius 3 is 2.27 bits per heavy atom. The van der Waals surface area contributed by atoms with Crippen LogP contribution in [-0.4, -0.2) is 98.2 Å². The lowest BCUT2D eigenvalue weighted by atomic mass is 9.99. The number of nitro benzene ring substituents is 1. The molecule has 0 aliphatic carbocycles. The number of nitrogens with one attached hydrogen (secondary N) is 2. The van der Waals surface area contributed by atoms with E-state index in [0.29, 0.717) is 23.7 Å². The number of amides is 1. The number of piperazine rings is 1. The number of thioether (sulfide) groups is 1. The summed E-state index contributed by atoms with van der Waals surface area (Å²) in [5.74, 6) is -1.34. The molecule has 1 atom stereocenters. The van der Waals surface area contributed by atoms with Crippen LogP contribution in [0.1, 0.15) is 22.3 Å². The highest BCUT2D eigenvalue weighted by Gasteiger charge is 2.26. The number of carboxylic acids is 1. The van der Waals surface area contributed by atoms with E-state index < -0.39 is 37.4 Å². The molecular weight excluding hydrogens is 812 g/mol. The standard InChI is InChI=1S/C43H45ClN6O7S2/c1-47(29-42(51)52)22-21-35(30-58-37-8-3-2-4-9-37)45-40-20-19-38(27-41(40)50(54)55)59(56,57)46-43(53)32-13-17-36(18-14-32)49-25-23-48(24-26-49)28-33-7-5-6-10-39(33)31-11-15-34(44)16-12-31/h2-20,27,35,45H,21-26,28-30H2,1H3,(H,46,53)(H,51,52)/t35-/m1/s1. The van der Waals surface area contributed by atoms with Gasteiger partial charge in [0, 0.05) is 78.3 Å². The second kappa shape index (κ2) is 20.0. The van der Waals surface area contributed by atoms with Crippen LogP contribution in [0.25, 0.3) is 11.1 Å². The number of nitrogens with zero attached hydrogens (tertiary/aromatic N) is 4. The molecule has 16 heteroatoms. The van der Waals surface area contributed by atoms with Gasteiger partial charge in [-0.3, -0.25) is 29.5 Å². The maximum absolute atomic E-state index is 13.4. The van der Waals surface area contributed by atoms with E-state index in [-0.39, 0.29) is 23.8 Å². The van der Waals surface area contributed by atoms with Crippen molar-refractivity contribution in [3.05, 3.63) is 148 Å². The number of carboxylic acid groups (broad SMARTS) is 1. The fourth-order valence-corrected chi connectivity index (χ4v) is 8.92. The molecule has 0 bridgehead atoms. The van der Waals surface area contributed by atoms with Crippen molar-refractivity contribution >= 4 is 62.3 Å². The molecule has 1 aliphatic rings. The van der Waals surface area contributed by atoms with Crippen LogP contribution in [0.15, 0.2) is 131 Å². The van der Waals surface area contributed by atoms with E-state index in [1.807, 2.05) is 66.7 Å². The molecule has 6 rings (SSSR count). The Balaban J connectivity index is 1.06. The summed E-state index contributed by atoms with van der Waals surface area (Å²) in [7, 11) is -2.82. The van der Waals surface area contributed by atoms with E-state index in [1.54, 1.807) is 36.2 Å². The summed E-state index contributed by atoms with van der Waals surface area (Å²) in [5, 5.41) is 25.3. The SMILES string of the molecule is CN(CC[C@H](CSc1ccccc1)Nc1ccc(S(=O)(=O)NC(=O)c2ccc(N3CCN(Cc4ccccc4-c4ccc(Cl)cc4)CC3)cc2)cc1[N+](=O)[O-])CC(=O)O. The third-order valence-corrected chi connectivity index (χ3v) is 12.7. The average Bonchev–Trinajstić information content (AvgIpc) is 3.22. The van der Waals surface area contributed by atoms with Crippen molar-refractivity contribution in [1.29, 1.82) is 0 Å². The highest BCUT2D eigenvalue weighted by molar-refractivity contribution is 7.99. The number of nitro groups is 1. The smallest absolute Gasteiger partial charge is 0.317 e. The third-order valence-electron chi connectivity index (χ3n) is 9.96. The highest BCUT2D eigenvalue weighted by Crippen LogP contribution is 2.31. The zero-order chi connectivity index (χ0) is 41.9. The van der Waals surface area contributed by atoms with Crippen molar-refractivity contribution in [2.75, 3.05) is 62.3 Å². The number of hydrogen-bond acceptors (Lipinski definition) is 11. The molecule has 3 N–H and O–H groups in total. The summed E-state index contributed by atoms with van der Waals surface area (Å²) in [6, 6.07) is 35.6. The molecule has 308 valence electrons. The van der Waals surface area contributed by atoms with E-state index in [2.05, 4.69) is 32.0 Å². The Morgan fingerprint density at radius 1 is 0.915 bits per heavy atom. The van der Waals surface area contributed by atoms with Crippen molar-refractivity contribution in [1.82, 2.24) is 14.5 Å². The van der Waals surface area contributed by atoms with Gasteiger partial charge < -0.3 is 15.3 Å². The highest BCUT2D eigenvalue weighted by atomic mass is 35.5. The monoisotopic (exact) mass is 856 g/mol. The number of hydrogen-bond donors (Lipinski definition) is 3. The number of likely N-dealkylation sites (N-methyl/N-ethyl adjacent to an activating group) is 1. The molecule has 1 amide bonds. The minimum absolute atomic E-state index is 0.0963. The normalized spacial score (nSPS) is 13.8. The van der Waals surface area contributed by atoms with E-state index in [0.717, 1.165) is 54.9 Å². The van der Waals surface area contributed by atoms with E-state index in [1.165, 1.54) is 35.0 Å². The van der Waals surface area contributed by atoms with Gasteiger partial charge in [0.15, 0.2) is 0 Å². The number of sulfonamides is 1. The summed E-state index contributed by atoms with van der Waals surface area (Å²) in [6.07, 6.45) is 0.451. The van der Waals surface area contributed by atoms with Crippen LogP contribution in [0, 0.1) is 10.1 Å². The third kappa shape index (κ3) is 12.1. The molecule has 0 spiro atoms. The molecule has 1 aliphatic heterocycles. The summed E-state index contributed by atoms with van der Waals surface area (Å²) < 4.78 is 28.8. The Hall–Kier alpha value is -5.45. The Morgan fingerprint density at radius 2 is 1.59 bits per heavy atom. The zero-order valence-electron chi connectivity index (χ0n) is 32.4. The lowest BCUT2D eigenvalue weighted by molar-refractivity contribution is -0.384. The van der Waals surface area contributed by atoms with Gasteiger partial charge in [-0.1, -0.05) is 66.2 Å². The van der Waals surface area contributed by atoms with Gasteiger partial charge in [0.2, 0.25) is 0 Å². The van der Waals surface area contributed by atoms with Gasteiger partial charge in [-0.15, -0.1) is 11.8 Å². The van der Waals surface area contributed by atoms with Crippen molar-refractivity contribution in [2.24, 2.45) is 0 Å². The number of carbonyl (C=O) groups is 2. The second-order valence-corrected chi connectivity index (χ2v) is 17.4. The van der Waals surface area contributed by atoms with E-state index in [4.69, 9.17) is 16.7 Å². The maximum atomic E-state index is 13.4. The first-order valence-electron chi connectivity index (χ1n) is 19.0. The van der Waals surface area contributed by atoms with Crippen molar-refractivity contribution in [2.45, 2.75) is 28.8 Å². The molecule has 0 saturated carbocycles. The van der Waals surface area contributed by atoms with Crippen LogP contribution < -0.4 is 14.9 Å². The van der Waals surface area contributed by atoms with Gasteiger partial charge in [0.05, 0.1) is 16.4 Å². The van der Waals surface area contributed by atoms with Crippen molar-refractivity contribution < 1.29 is 28.0 Å². The minimum Gasteiger partial charge on any atom is -0.480 e. The van der Waals surface area contributed by atoms with Crippen LogP contribution in [0.2, 0.25) is 5.02 Å². The molecular formula is C43H45ClN6O7S2. The van der Waals surface area contributed by atoms with E-state index >= 15 is 0 Å². The summed E-state index contributed by atoms with van der Waals surface area (Å²) in [6.45, 7) is 4.21. The van der Waals surface area contributed by atoms with Crippen LogP contribution in [0.3, 0.4) is 0 Å². The predicted molar refractivity (Wildman–Crippen MR) is 233 cm³/mol. The Kier molecular flexibility index (Phi) is 14.6. The lowest BCUT2D eigenvalue weighted by Crippen LogP contribution is -2.46. The lowest BCUT2D eigenvalue weighted by Gasteiger charge is -2.36. The average molecular weight is 857 g/mol. The zero-order valence-corrected chi connectivity index (χ0v) is 34.8. The first-order chi connectivity index (χ1) is 28.3. The van der Waals surface area contributed by atoms with Gasteiger partial charge in [0.25, 0.3) is 21.6 Å². The van der Waals surface area contributed by atoms with Gasteiger partial charge in [-0.25, -0.2) is 13.1 Å². The second-order valence-electron chi connectivity index (χ2n) is 14.2. The van der Waals surface area contributed by atoms with Crippen molar-refractivity contribution in [3.63, 3.8) is 0 Å². The molecule has 0 aromatic heterocycles. The number of aliphatic carboxylic acids is 1. The number of rotatable bonds is 18. The quantitative estimate of drug-likeness (QED) is 0.0457. The summed E-state index contributed by atoms with van der Waals surface area (Å²) in [4.78, 5) is 42.7. The molecule has 59 heavy (non-hydrogen) atoms. The topological polar surface area (TPSA) is 165 Å². The van der Waals surface area contributed by atoms with Crippen LogP contribution in [0.4, 0.5) is 17.1 Å². The molecule has 1 heterocycles. The van der Waals surface area contributed by atoms with Crippen LogP contribution in [0.5, 0.6) is 0 Å². The molecule has 0 radical (unpaired) electrons. The fraction of sp³-hybridized carbons (Fsp3) is 0.256. The Labute approximate surface area is 353 Å². The largest absolute Gasteiger partial charge is 0.480 e. The minimum atomic E-state index is -4.49. The number of halogens is 1. The molecule has 1 fully saturated rings. The summed E-state index contributed by atoms with van der Waals surface area (Å²) in [5.41, 5.74) is 4.15. The summed E-state index contributed by atoms with van der Waals surface area (Å²) >= 11 is 7.64. The van der Waals surface area contributed by atoms with Crippen molar-refractivity contribution in [3.8, 4) is 11.1 Å². The number of benzene rings is 5. The van der Waals surface area contributed by atoms with Crippen LogP contribution >= 0.6 is 23.4 Å². The molecule has 5 aromatic rings. The number of anilines is 2. The van der Waals surface area contributed by atoms with Gasteiger partial charge >= 0.3 is 5.97 Å². The van der Waals surface area contributed by atoms with Gasteiger partial charge in [-0.05, 0) is 90.8 Å². The maximum Gasteiger partial charge on any atom is 0.317 e. The molecule has 5 aromatic carbocycles. The number of carbonyl (C=O) groups excluding carboxylic acids is 1. The predicted octanol–water partition coefficient (Wildman–Crippen LogP) is 7.34. The van der Waals surface area contributed by atoms with E-state index in [9.17, 15) is 28.1 Å². The Bertz CT molecular complexity index is 2350. The first kappa shape index (κ1) is 43.1. The molecule has 0 unspecified atom stereocenters. The molecule has 1 saturated heterocycles.